The summed E-state index contributed by atoms with van der Waals surface area (Å²) in [4.78, 5) is 0. The van der Waals surface area contributed by atoms with Gasteiger partial charge in [-0.2, -0.15) is 0 Å². The molecular weight excluding hydrogens is 237 g/mol. The zero-order valence-electron chi connectivity index (χ0n) is 12.9. The quantitative estimate of drug-likeness (QED) is 0.683. The van der Waals surface area contributed by atoms with Crippen molar-refractivity contribution in [2.45, 2.75) is 53.4 Å². The van der Waals surface area contributed by atoms with Crippen molar-refractivity contribution in [3.8, 4) is 0 Å². The SMILES string of the molecule is CCCNCC(C)(CCC)Cc1cc(F)ccc1C. The maximum absolute atomic E-state index is 13.4. The van der Waals surface area contributed by atoms with Gasteiger partial charge in [0.25, 0.3) is 0 Å². The van der Waals surface area contributed by atoms with Gasteiger partial charge in [0, 0.05) is 6.54 Å². The molecule has 0 fully saturated rings. The van der Waals surface area contributed by atoms with Gasteiger partial charge in [0.15, 0.2) is 0 Å². The average Bonchev–Trinajstić information content (AvgIpc) is 2.34. The van der Waals surface area contributed by atoms with Crippen molar-refractivity contribution >= 4 is 0 Å². The third kappa shape index (κ3) is 5.32. The Labute approximate surface area is 117 Å². The molecule has 1 rings (SSSR count). The van der Waals surface area contributed by atoms with Crippen molar-refractivity contribution in [1.82, 2.24) is 5.32 Å². The molecule has 1 aromatic carbocycles. The summed E-state index contributed by atoms with van der Waals surface area (Å²) < 4.78 is 13.4. The second-order valence-corrected chi connectivity index (χ2v) is 5.99. The highest BCUT2D eigenvalue weighted by Crippen LogP contribution is 2.29. The lowest BCUT2D eigenvalue weighted by atomic mass is 9.78. The highest BCUT2D eigenvalue weighted by molar-refractivity contribution is 5.27. The average molecular weight is 265 g/mol. The van der Waals surface area contributed by atoms with Crippen LogP contribution in [0.25, 0.3) is 0 Å². The van der Waals surface area contributed by atoms with Crippen LogP contribution in [0.4, 0.5) is 4.39 Å². The molecule has 0 heterocycles. The van der Waals surface area contributed by atoms with Gasteiger partial charge in [-0.05, 0) is 61.4 Å². The standard InChI is InChI=1S/C17H28FN/c1-5-9-17(4,13-19-10-6-2)12-15-11-16(18)8-7-14(15)3/h7-8,11,19H,5-6,9-10,12-13H2,1-4H3. The van der Waals surface area contributed by atoms with Crippen molar-refractivity contribution < 1.29 is 4.39 Å². The smallest absolute Gasteiger partial charge is 0.123 e. The van der Waals surface area contributed by atoms with Crippen LogP contribution in [-0.2, 0) is 6.42 Å². The van der Waals surface area contributed by atoms with Crippen LogP contribution in [0.3, 0.4) is 0 Å². The number of halogens is 1. The minimum atomic E-state index is -0.124. The van der Waals surface area contributed by atoms with Crippen LogP contribution >= 0.6 is 0 Å². The fourth-order valence-electron chi connectivity index (χ4n) is 2.70. The number of rotatable bonds is 8. The normalized spacial score (nSPS) is 14.4. The molecule has 0 bridgehead atoms. The van der Waals surface area contributed by atoms with Gasteiger partial charge < -0.3 is 5.32 Å². The molecule has 1 unspecified atom stereocenters. The minimum Gasteiger partial charge on any atom is -0.316 e. The number of nitrogens with one attached hydrogen (secondary N) is 1. The van der Waals surface area contributed by atoms with Crippen LogP contribution in [0.1, 0.15) is 51.2 Å². The van der Waals surface area contributed by atoms with Gasteiger partial charge >= 0.3 is 0 Å². The monoisotopic (exact) mass is 265 g/mol. The lowest BCUT2D eigenvalue weighted by Crippen LogP contribution is -2.34. The second-order valence-electron chi connectivity index (χ2n) is 5.99. The van der Waals surface area contributed by atoms with Gasteiger partial charge in [-0.3, -0.25) is 0 Å². The van der Waals surface area contributed by atoms with E-state index >= 15 is 0 Å². The predicted octanol–water partition coefficient (Wildman–Crippen LogP) is 4.48. The summed E-state index contributed by atoms with van der Waals surface area (Å²) in [5, 5.41) is 3.52. The van der Waals surface area contributed by atoms with Crippen molar-refractivity contribution in [2.24, 2.45) is 5.41 Å². The van der Waals surface area contributed by atoms with Gasteiger partial charge in [0.1, 0.15) is 5.82 Å². The molecule has 0 aliphatic heterocycles. The predicted molar refractivity (Wildman–Crippen MR) is 81.0 cm³/mol. The topological polar surface area (TPSA) is 12.0 Å². The molecule has 1 aromatic rings. The number of hydrogen-bond acceptors (Lipinski definition) is 1. The first kappa shape index (κ1) is 16.2. The van der Waals surface area contributed by atoms with Crippen LogP contribution in [-0.4, -0.2) is 13.1 Å². The van der Waals surface area contributed by atoms with E-state index < -0.39 is 0 Å². The Morgan fingerprint density at radius 3 is 2.58 bits per heavy atom. The van der Waals surface area contributed by atoms with Crippen LogP contribution in [0.5, 0.6) is 0 Å². The molecular formula is C17H28FN. The first-order valence-electron chi connectivity index (χ1n) is 7.46. The first-order chi connectivity index (χ1) is 9.00. The number of hydrogen-bond donors (Lipinski definition) is 1. The zero-order chi connectivity index (χ0) is 14.3. The summed E-state index contributed by atoms with van der Waals surface area (Å²) in [5.41, 5.74) is 2.55. The van der Waals surface area contributed by atoms with Crippen LogP contribution in [0.15, 0.2) is 18.2 Å². The van der Waals surface area contributed by atoms with Gasteiger partial charge in [0.05, 0.1) is 0 Å². The summed E-state index contributed by atoms with van der Waals surface area (Å²) >= 11 is 0. The molecule has 1 atom stereocenters. The second kappa shape index (κ2) is 7.64. The Hall–Kier alpha value is -0.890. The van der Waals surface area contributed by atoms with E-state index in [0.29, 0.717) is 0 Å². The Kier molecular flexibility index (Phi) is 6.50. The third-order valence-corrected chi connectivity index (χ3v) is 3.76. The molecule has 0 aliphatic carbocycles. The summed E-state index contributed by atoms with van der Waals surface area (Å²) in [6, 6.07) is 5.13. The fourth-order valence-corrected chi connectivity index (χ4v) is 2.70. The minimum absolute atomic E-state index is 0.124. The molecule has 2 heteroatoms. The van der Waals surface area contributed by atoms with E-state index in [0.717, 1.165) is 31.5 Å². The molecule has 0 aromatic heterocycles. The molecule has 0 amide bonds. The Balaban J connectivity index is 2.78. The summed E-state index contributed by atoms with van der Waals surface area (Å²) in [6.07, 6.45) is 4.43. The van der Waals surface area contributed by atoms with Crippen molar-refractivity contribution in [3.05, 3.63) is 35.1 Å². The Bertz CT molecular complexity index is 389. The van der Waals surface area contributed by atoms with Gasteiger partial charge in [0.2, 0.25) is 0 Å². The third-order valence-electron chi connectivity index (χ3n) is 3.76. The van der Waals surface area contributed by atoms with Crippen molar-refractivity contribution in [3.63, 3.8) is 0 Å². The largest absolute Gasteiger partial charge is 0.316 e. The lowest BCUT2D eigenvalue weighted by Gasteiger charge is -2.30. The number of benzene rings is 1. The van der Waals surface area contributed by atoms with Gasteiger partial charge in [-0.15, -0.1) is 0 Å². The molecule has 108 valence electrons. The maximum atomic E-state index is 13.4. The highest BCUT2D eigenvalue weighted by atomic mass is 19.1. The summed E-state index contributed by atoms with van der Waals surface area (Å²) in [7, 11) is 0. The van der Waals surface area contributed by atoms with E-state index in [4.69, 9.17) is 0 Å². The maximum Gasteiger partial charge on any atom is 0.123 e. The summed E-state index contributed by atoms with van der Waals surface area (Å²) in [5.74, 6) is -0.124. The van der Waals surface area contributed by atoms with E-state index in [1.54, 1.807) is 12.1 Å². The van der Waals surface area contributed by atoms with Crippen LogP contribution in [0, 0.1) is 18.2 Å². The van der Waals surface area contributed by atoms with E-state index in [2.05, 4.69) is 33.0 Å². The molecule has 1 N–H and O–H groups in total. The van der Waals surface area contributed by atoms with Crippen molar-refractivity contribution in [1.29, 1.82) is 0 Å². The van der Waals surface area contributed by atoms with E-state index in [-0.39, 0.29) is 11.2 Å². The molecule has 0 radical (unpaired) electrons. The van der Waals surface area contributed by atoms with E-state index in [1.165, 1.54) is 18.4 Å². The molecule has 0 aliphatic rings. The lowest BCUT2D eigenvalue weighted by molar-refractivity contribution is 0.275. The van der Waals surface area contributed by atoms with E-state index in [1.807, 2.05) is 6.07 Å². The van der Waals surface area contributed by atoms with E-state index in [9.17, 15) is 4.39 Å². The number of aryl methyl sites for hydroxylation is 1. The Morgan fingerprint density at radius 1 is 1.21 bits per heavy atom. The summed E-state index contributed by atoms with van der Waals surface area (Å²) in [6.45, 7) is 10.8. The zero-order valence-corrected chi connectivity index (χ0v) is 12.9. The van der Waals surface area contributed by atoms with Crippen LogP contribution in [0.2, 0.25) is 0 Å². The Morgan fingerprint density at radius 2 is 1.95 bits per heavy atom. The molecule has 0 saturated carbocycles. The first-order valence-corrected chi connectivity index (χ1v) is 7.46. The molecule has 19 heavy (non-hydrogen) atoms. The fraction of sp³-hybridized carbons (Fsp3) is 0.647. The highest BCUT2D eigenvalue weighted by Gasteiger charge is 2.24. The van der Waals surface area contributed by atoms with Crippen molar-refractivity contribution in [2.75, 3.05) is 13.1 Å². The van der Waals surface area contributed by atoms with Crippen LogP contribution < -0.4 is 5.32 Å². The van der Waals surface area contributed by atoms with Gasteiger partial charge in [-0.1, -0.05) is 33.3 Å². The molecule has 0 saturated heterocycles. The van der Waals surface area contributed by atoms with Gasteiger partial charge in [-0.25, -0.2) is 4.39 Å². The molecule has 0 spiro atoms. The molecule has 1 nitrogen and oxygen atoms in total.